The molecular formula is C12H23NO4. The van der Waals surface area contributed by atoms with Crippen LogP contribution in [0.3, 0.4) is 0 Å². The van der Waals surface area contributed by atoms with E-state index >= 15 is 0 Å². The minimum atomic E-state index is -0.947. The molecule has 17 heavy (non-hydrogen) atoms. The van der Waals surface area contributed by atoms with E-state index in [1.54, 1.807) is 27.7 Å². The Bertz CT molecular complexity index is 293. The molecule has 0 aromatic carbocycles. The second kappa shape index (κ2) is 5.38. The van der Waals surface area contributed by atoms with Gasteiger partial charge in [-0.1, -0.05) is 13.8 Å². The Labute approximate surface area is 103 Å². The molecule has 2 N–H and O–H groups in total. The summed E-state index contributed by atoms with van der Waals surface area (Å²) in [5.41, 5.74) is -1.40. The van der Waals surface area contributed by atoms with Gasteiger partial charge in [0.25, 0.3) is 0 Å². The van der Waals surface area contributed by atoms with Crippen LogP contribution in [0.15, 0.2) is 0 Å². The van der Waals surface area contributed by atoms with Gasteiger partial charge in [0.05, 0.1) is 12.0 Å². The first kappa shape index (κ1) is 15.7. The lowest BCUT2D eigenvalue weighted by molar-refractivity contribution is -0.139. The molecule has 0 saturated heterocycles. The predicted molar refractivity (Wildman–Crippen MR) is 64.9 cm³/mol. The number of aliphatic carboxylic acids is 1. The first-order chi connectivity index (χ1) is 7.46. The zero-order valence-electron chi connectivity index (χ0n) is 11.5. The summed E-state index contributed by atoms with van der Waals surface area (Å²) in [6, 6.07) is 0. The van der Waals surface area contributed by atoms with Crippen LogP contribution in [-0.4, -0.2) is 28.3 Å². The maximum absolute atomic E-state index is 11.6. The van der Waals surface area contributed by atoms with Crippen LogP contribution in [0.1, 0.15) is 48.0 Å². The number of ether oxygens (including phenoxy) is 1. The van der Waals surface area contributed by atoms with Crippen molar-refractivity contribution in [1.82, 2.24) is 5.32 Å². The molecule has 0 aromatic heterocycles. The van der Waals surface area contributed by atoms with Crippen molar-refractivity contribution in [2.24, 2.45) is 5.92 Å². The summed E-state index contributed by atoms with van der Waals surface area (Å²) in [5, 5.41) is 11.5. The van der Waals surface area contributed by atoms with Crippen molar-refractivity contribution in [2.75, 3.05) is 0 Å². The van der Waals surface area contributed by atoms with Crippen molar-refractivity contribution in [2.45, 2.75) is 59.1 Å². The smallest absolute Gasteiger partial charge is 0.408 e. The monoisotopic (exact) mass is 245 g/mol. The van der Waals surface area contributed by atoms with Gasteiger partial charge in [-0.05, 0) is 33.6 Å². The van der Waals surface area contributed by atoms with Gasteiger partial charge in [0.2, 0.25) is 0 Å². The van der Waals surface area contributed by atoms with Crippen LogP contribution < -0.4 is 5.32 Å². The third-order valence-corrected chi connectivity index (χ3v) is 2.58. The lowest BCUT2D eigenvalue weighted by Crippen LogP contribution is -2.52. The van der Waals surface area contributed by atoms with Gasteiger partial charge in [-0.3, -0.25) is 4.79 Å². The van der Waals surface area contributed by atoms with E-state index < -0.39 is 23.2 Å². The summed E-state index contributed by atoms with van der Waals surface area (Å²) in [5.74, 6) is -0.955. The van der Waals surface area contributed by atoms with Gasteiger partial charge in [-0.2, -0.15) is 0 Å². The molecule has 0 rings (SSSR count). The molecule has 0 spiro atoms. The van der Waals surface area contributed by atoms with Gasteiger partial charge in [-0.25, -0.2) is 4.79 Å². The van der Waals surface area contributed by atoms with Crippen LogP contribution >= 0.6 is 0 Å². The second-order valence-electron chi connectivity index (χ2n) is 5.77. The maximum atomic E-state index is 11.6. The molecule has 0 aliphatic heterocycles. The quantitative estimate of drug-likeness (QED) is 0.797. The van der Waals surface area contributed by atoms with Crippen LogP contribution in [0.25, 0.3) is 0 Å². The Kier molecular flexibility index (Phi) is 4.98. The molecule has 5 nitrogen and oxygen atoms in total. The molecule has 0 fully saturated rings. The van der Waals surface area contributed by atoms with Crippen LogP contribution in [0.5, 0.6) is 0 Å². The fourth-order valence-corrected chi connectivity index (χ4v) is 1.24. The van der Waals surface area contributed by atoms with Crippen molar-refractivity contribution < 1.29 is 19.4 Å². The Morgan fingerprint density at radius 1 is 1.24 bits per heavy atom. The van der Waals surface area contributed by atoms with Crippen LogP contribution in [0.2, 0.25) is 0 Å². The van der Waals surface area contributed by atoms with Gasteiger partial charge >= 0.3 is 12.1 Å². The lowest BCUT2D eigenvalue weighted by Gasteiger charge is -2.34. The number of rotatable bonds is 4. The molecule has 1 atom stereocenters. The van der Waals surface area contributed by atoms with Crippen LogP contribution in [0, 0.1) is 5.92 Å². The van der Waals surface area contributed by atoms with Crippen LogP contribution in [0.4, 0.5) is 4.79 Å². The van der Waals surface area contributed by atoms with E-state index in [0.29, 0.717) is 0 Å². The van der Waals surface area contributed by atoms with Gasteiger partial charge < -0.3 is 15.2 Å². The van der Waals surface area contributed by atoms with Gasteiger partial charge in [0.1, 0.15) is 5.60 Å². The molecular weight excluding hydrogens is 222 g/mol. The number of carboxylic acids is 1. The highest BCUT2D eigenvalue weighted by Gasteiger charge is 2.34. The number of hydrogen-bond acceptors (Lipinski definition) is 3. The summed E-state index contributed by atoms with van der Waals surface area (Å²) in [6.45, 7) is 10.7. The molecule has 0 aliphatic carbocycles. The zero-order valence-corrected chi connectivity index (χ0v) is 11.5. The largest absolute Gasteiger partial charge is 0.481 e. The van der Waals surface area contributed by atoms with Gasteiger partial charge in [-0.15, -0.1) is 0 Å². The normalized spacial score (nSPS) is 15.2. The zero-order chi connectivity index (χ0) is 13.9. The standard InChI is InChI=1S/C12H23NO4/c1-8(2)12(6,7-9(14)15)13-10(16)17-11(3,4)5/h8H,7H2,1-6H3,(H,13,16)(H,14,15)/t12-/m1/s1. The van der Waals surface area contributed by atoms with E-state index in [-0.39, 0.29) is 12.3 Å². The molecule has 0 heterocycles. The summed E-state index contributed by atoms with van der Waals surface area (Å²) >= 11 is 0. The Hall–Kier alpha value is -1.26. The topological polar surface area (TPSA) is 75.6 Å². The number of amides is 1. The summed E-state index contributed by atoms with van der Waals surface area (Å²) in [4.78, 5) is 22.4. The Morgan fingerprint density at radius 2 is 1.71 bits per heavy atom. The third-order valence-electron chi connectivity index (χ3n) is 2.58. The number of carbonyl (C=O) groups is 2. The van der Waals surface area contributed by atoms with E-state index in [2.05, 4.69) is 5.32 Å². The first-order valence-corrected chi connectivity index (χ1v) is 5.69. The molecule has 0 bridgehead atoms. The number of alkyl carbamates (subject to hydrolysis) is 1. The van der Waals surface area contributed by atoms with Crippen molar-refractivity contribution >= 4 is 12.1 Å². The van der Waals surface area contributed by atoms with Crippen molar-refractivity contribution in [3.8, 4) is 0 Å². The fraction of sp³-hybridized carbons (Fsp3) is 0.833. The number of nitrogens with one attached hydrogen (secondary N) is 1. The highest BCUT2D eigenvalue weighted by Crippen LogP contribution is 2.21. The van der Waals surface area contributed by atoms with Gasteiger partial charge in [0.15, 0.2) is 0 Å². The van der Waals surface area contributed by atoms with E-state index in [4.69, 9.17) is 9.84 Å². The average Bonchev–Trinajstić information content (AvgIpc) is 1.96. The van der Waals surface area contributed by atoms with E-state index in [1.807, 2.05) is 13.8 Å². The molecule has 0 saturated carbocycles. The number of carbonyl (C=O) groups excluding carboxylic acids is 1. The summed E-state index contributed by atoms with van der Waals surface area (Å²) in [7, 11) is 0. The average molecular weight is 245 g/mol. The fourth-order valence-electron chi connectivity index (χ4n) is 1.24. The maximum Gasteiger partial charge on any atom is 0.408 e. The third kappa shape index (κ3) is 6.14. The molecule has 0 aromatic rings. The highest BCUT2D eigenvalue weighted by atomic mass is 16.6. The molecule has 0 aliphatic rings. The minimum Gasteiger partial charge on any atom is -0.481 e. The van der Waals surface area contributed by atoms with E-state index in [0.717, 1.165) is 0 Å². The predicted octanol–water partition coefficient (Wildman–Crippen LogP) is 2.40. The Balaban J connectivity index is 4.66. The van der Waals surface area contributed by atoms with E-state index in [9.17, 15) is 9.59 Å². The molecule has 1 amide bonds. The SMILES string of the molecule is CC(C)[C@@](C)(CC(=O)O)NC(=O)OC(C)(C)C. The van der Waals surface area contributed by atoms with Gasteiger partial charge in [0, 0.05) is 0 Å². The van der Waals surface area contributed by atoms with Crippen molar-refractivity contribution in [3.63, 3.8) is 0 Å². The molecule has 0 radical (unpaired) electrons. The number of carboxylic acid groups (broad SMARTS) is 1. The summed E-state index contributed by atoms with van der Waals surface area (Å²) in [6.07, 6.45) is -0.723. The number of hydrogen-bond donors (Lipinski definition) is 2. The van der Waals surface area contributed by atoms with Crippen LogP contribution in [-0.2, 0) is 9.53 Å². The van der Waals surface area contributed by atoms with Crippen molar-refractivity contribution in [3.05, 3.63) is 0 Å². The first-order valence-electron chi connectivity index (χ1n) is 5.69. The van der Waals surface area contributed by atoms with Crippen molar-refractivity contribution in [1.29, 1.82) is 0 Å². The Morgan fingerprint density at radius 3 is 2.00 bits per heavy atom. The molecule has 5 heteroatoms. The summed E-state index contributed by atoms with van der Waals surface area (Å²) < 4.78 is 5.12. The molecule has 100 valence electrons. The lowest BCUT2D eigenvalue weighted by atomic mass is 9.85. The minimum absolute atomic E-state index is 0.00822. The second-order valence-corrected chi connectivity index (χ2v) is 5.77. The highest BCUT2D eigenvalue weighted by molar-refractivity contribution is 5.72. The molecule has 0 unspecified atom stereocenters. The van der Waals surface area contributed by atoms with E-state index in [1.165, 1.54) is 0 Å².